The molecule has 0 radical (unpaired) electrons. The van der Waals surface area contributed by atoms with Crippen molar-refractivity contribution in [1.82, 2.24) is 0 Å². The maximum Gasteiger partial charge on any atom is 0.0231 e. The Morgan fingerprint density at radius 2 is 1.56 bits per heavy atom. The average Bonchev–Trinajstić information content (AvgIpc) is 2.80. The van der Waals surface area contributed by atoms with Gasteiger partial charge in [0.25, 0.3) is 0 Å². The van der Waals surface area contributed by atoms with E-state index in [4.69, 9.17) is 0 Å². The molecular weight excluding hydrogens is 194 g/mol. The highest BCUT2D eigenvalue weighted by atomic mass is 14.7. The molecule has 1 aliphatic rings. The van der Waals surface area contributed by atoms with Crippen molar-refractivity contribution in [3.8, 4) is 0 Å². The second kappa shape index (κ2) is 9.62. The van der Waals surface area contributed by atoms with Gasteiger partial charge >= 0.3 is 0 Å². The van der Waals surface area contributed by atoms with Gasteiger partial charge in [-0.2, -0.15) is 0 Å². The molecule has 0 aromatic rings. The molecule has 0 N–H and O–H groups in total. The summed E-state index contributed by atoms with van der Waals surface area (Å²) in [5, 5.41) is 0. The summed E-state index contributed by atoms with van der Waals surface area (Å²) in [4.78, 5) is 4.34. The first kappa shape index (κ1) is 13.5. The van der Waals surface area contributed by atoms with Crippen molar-refractivity contribution in [2.24, 2.45) is 4.99 Å². The molecule has 1 aliphatic heterocycles. The van der Waals surface area contributed by atoms with Gasteiger partial charge in [0, 0.05) is 18.3 Å². The minimum atomic E-state index is 1.11. The Labute approximate surface area is 101 Å². The van der Waals surface area contributed by atoms with Crippen LogP contribution in [0.1, 0.15) is 77.6 Å². The summed E-state index contributed by atoms with van der Waals surface area (Å²) < 4.78 is 0. The summed E-state index contributed by atoms with van der Waals surface area (Å²) in [5.41, 5.74) is 1.39. The largest absolute Gasteiger partial charge is 0.266 e. The Morgan fingerprint density at radius 3 is 2.12 bits per heavy atom. The SMILES string of the molecule is CCCCCCCCCCCC1=NC=CC1. The van der Waals surface area contributed by atoms with E-state index in [1.807, 2.05) is 6.20 Å². The minimum Gasteiger partial charge on any atom is -0.266 e. The molecule has 0 amide bonds. The van der Waals surface area contributed by atoms with E-state index in [-0.39, 0.29) is 0 Å². The van der Waals surface area contributed by atoms with Gasteiger partial charge in [-0.1, -0.05) is 64.4 Å². The van der Waals surface area contributed by atoms with E-state index in [1.165, 1.54) is 69.9 Å². The Hall–Kier alpha value is -0.590. The topological polar surface area (TPSA) is 12.4 Å². The number of aliphatic imine (C=N–C) groups is 1. The fourth-order valence-electron chi connectivity index (χ4n) is 2.21. The van der Waals surface area contributed by atoms with Crippen LogP contribution in [0.15, 0.2) is 17.3 Å². The van der Waals surface area contributed by atoms with Gasteiger partial charge < -0.3 is 0 Å². The molecule has 1 rings (SSSR count). The first-order valence-electron chi connectivity index (χ1n) is 7.14. The molecule has 92 valence electrons. The Morgan fingerprint density at radius 1 is 0.938 bits per heavy atom. The Bertz CT molecular complexity index is 215. The monoisotopic (exact) mass is 221 g/mol. The zero-order valence-corrected chi connectivity index (χ0v) is 10.9. The van der Waals surface area contributed by atoms with Gasteiger partial charge in [0.15, 0.2) is 0 Å². The summed E-state index contributed by atoms with van der Waals surface area (Å²) in [6.45, 7) is 2.28. The van der Waals surface area contributed by atoms with Gasteiger partial charge in [-0.15, -0.1) is 0 Å². The lowest BCUT2D eigenvalue weighted by atomic mass is 10.0. The maximum absolute atomic E-state index is 4.34. The highest BCUT2D eigenvalue weighted by molar-refractivity contribution is 5.87. The summed E-state index contributed by atoms with van der Waals surface area (Å²) >= 11 is 0. The van der Waals surface area contributed by atoms with Crippen LogP contribution >= 0.6 is 0 Å². The van der Waals surface area contributed by atoms with Crippen molar-refractivity contribution >= 4 is 5.71 Å². The molecule has 0 saturated heterocycles. The highest BCUT2D eigenvalue weighted by Crippen LogP contribution is 2.12. The van der Waals surface area contributed by atoms with E-state index in [9.17, 15) is 0 Å². The van der Waals surface area contributed by atoms with Crippen LogP contribution in [0.3, 0.4) is 0 Å². The minimum absolute atomic E-state index is 1.11. The van der Waals surface area contributed by atoms with Crippen LogP contribution in [-0.4, -0.2) is 5.71 Å². The van der Waals surface area contributed by atoms with Crippen molar-refractivity contribution in [1.29, 1.82) is 0 Å². The van der Waals surface area contributed by atoms with Gasteiger partial charge in [-0.05, 0) is 12.8 Å². The van der Waals surface area contributed by atoms with Crippen LogP contribution in [0.5, 0.6) is 0 Å². The molecule has 0 aromatic heterocycles. The van der Waals surface area contributed by atoms with Crippen molar-refractivity contribution in [3.63, 3.8) is 0 Å². The Balaban J connectivity index is 1.75. The smallest absolute Gasteiger partial charge is 0.0231 e. The second-order valence-corrected chi connectivity index (χ2v) is 4.86. The number of hydrogen-bond acceptors (Lipinski definition) is 1. The zero-order chi connectivity index (χ0) is 11.5. The van der Waals surface area contributed by atoms with Crippen molar-refractivity contribution in [2.45, 2.75) is 77.6 Å². The second-order valence-electron chi connectivity index (χ2n) is 4.86. The maximum atomic E-state index is 4.34. The number of rotatable bonds is 10. The van der Waals surface area contributed by atoms with Crippen LogP contribution in [0.2, 0.25) is 0 Å². The predicted molar refractivity (Wildman–Crippen MR) is 73.0 cm³/mol. The number of hydrogen-bond donors (Lipinski definition) is 0. The van der Waals surface area contributed by atoms with Gasteiger partial charge in [-0.3, -0.25) is 4.99 Å². The van der Waals surface area contributed by atoms with Crippen molar-refractivity contribution in [2.75, 3.05) is 0 Å². The summed E-state index contributed by atoms with van der Waals surface area (Å²) in [6, 6.07) is 0. The summed E-state index contributed by atoms with van der Waals surface area (Å²) in [5.74, 6) is 0. The van der Waals surface area contributed by atoms with Crippen molar-refractivity contribution in [3.05, 3.63) is 12.3 Å². The quantitative estimate of drug-likeness (QED) is 0.446. The molecule has 0 spiro atoms. The highest BCUT2D eigenvalue weighted by Gasteiger charge is 2.00. The van der Waals surface area contributed by atoms with Gasteiger partial charge in [-0.25, -0.2) is 0 Å². The van der Waals surface area contributed by atoms with Crippen molar-refractivity contribution < 1.29 is 0 Å². The summed E-state index contributed by atoms with van der Waals surface area (Å²) in [6.07, 6.45) is 19.2. The third kappa shape index (κ3) is 6.81. The fourth-order valence-corrected chi connectivity index (χ4v) is 2.21. The van der Waals surface area contributed by atoms with Crippen LogP contribution in [0, 0.1) is 0 Å². The Kier molecular flexibility index (Phi) is 8.10. The molecule has 0 unspecified atom stereocenters. The lowest BCUT2D eigenvalue weighted by Crippen LogP contribution is -1.92. The standard InChI is InChI=1S/C15H27N/c1-2-3-4-5-6-7-8-9-10-12-15-13-11-14-16-15/h11,14H,2-10,12-13H2,1H3. The predicted octanol–water partition coefficient (Wildman–Crippen LogP) is 5.27. The first-order valence-corrected chi connectivity index (χ1v) is 7.14. The lowest BCUT2D eigenvalue weighted by molar-refractivity contribution is 0.568. The molecular formula is C15H27N. The van der Waals surface area contributed by atoms with Gasteiger partial charge in [0.05, 0.1) is 0 Å². The molecule has 0 saturated carbocycles. The lowest BCUT2D eigenvalue weighted by Gasteiger charge is -2.02. The van der Waals surface area contributed by atoms with Gasteiger partial charge in [0.2, 0.25) is 0 Å². The van der Waals surface area contributed by atoms with E-state index in [0.29, 0.717) is 0 Å². The number of allylic oxidation sites excluding steroid dienone is 1. The number of unbranched alkanes of at least 4 members (excludes halogenated alkanes) is 8. The third-order valence-electron chi connectivity index (χ3n) is 3.28. The molecule has 0 fully saturated rings. The molecule has 1 heterocycles. The van der Waals surface area contributed by atoms with E-state index in [0.717, 1.165) is 6.42 Å². The molecule has 1 nitrogen and oxygen atoms in total. The van der Waals surface area contributed by atoms with Gasteiger partial charge in [0.1, 0.15) is 0 Å². The third-order valence-corrected chi connectivity index (χ3v) is 3.28. The van der Waals surface area contributed by atoms with Crippen LogP contribution in [0.25, 0.3) is 0 Å². The summed E-state index contributed by atoms with van der Waals surface area (Å²) in [7, 11) is 0. The molecule has 0 bridgehead atoms. The average molecular weight is 221 g/mol. The molecule has 16 heavy (non-hydrogen) atoms. The fraction of sp³-hybridized carbons (Fsp3) is 0.800. The van der Waals surface area contributed by atoms with Crippen LogP contribution < -0.4 is 0 Å². The number of nitrogens with zero attached hydrogens (tertiary/aromatic N) is 1. The molecule has 0 aliphatic carbocycles. The van der Waals surface area contributed by atoms with E-state index < -0.39 is 0 Å². The molecule has 0 aromatic carbocycles. The zero-order valence-electron chi connectivity index (χ0n) is 10.9. The van der Waals surface area contributed by atoms with E-state index >= 15 is 0 Å². The van der Waals surface area contributed by atoms with Crippen LogP contribution in [-0.2, 0) is 0 Å². The molecule has 1 heteroatoms. The van der Waals surface area contributed by atoms with E-state index in [1.54, 1.807) is 0 Å². The van der Waals surface area contributed by atoms with E-state index in [2.05, 4.69) is 18.0 Å². The van der Waals surface area contributed by atoms with Crippen LogP contribution in [0.4, 0.5) is 0 Å². The first-order chi connectivity index (χ1) is 7.93. The normalized spacial score (nSPS) is 14.4. The molecule has 0 atom stereocenters.